The van der Waals surface area contributed by atoms with Gasteiger partial charge in [-0.1, -0.05) is 200 Å². The Hall–Kier alpha value is -8.72. The van der Waals surface area contributed by atoms with Gasteiger partial charge in [0.05, 0.1) is 5.41 Å². The number of nitrogens with zero attached hydrogens (tertiary/aromatic N) is 1. The van der Waals surface area contributed by atoms with Crippen LogP contribution in [0.15, 0.2) is 265 Å². The second-order valence-corrected chi connectivity index (χ2v) is 17.6. The van der Waals surface area contributed by atoms with Crippen LogP contribution < -0.4 is 4.90 Å². The van der Waals surface area contributed by atoms with Crippen LogP contribution in [-0.2, 0) is 5.41 Å². The summed E-state index contributed by atoms with van der Waals surface area (Å²) in [5.41, 5.74) is 19.1. The van der Waals surface area contributed by atoms with Gasteiger partial charge in [-0.05, 0) is 138 Å². The molecular weight excluding hydrogens is 811 g/mol. The summed E-state index contributed by atoms with van der Waals surface area (Å²) in [7, 11) is 0. The van der Waals surface area contributed by atoms with Crippen LogP contribution in [0, 0.1) is 0 Å². The first-order valence-electron chi connectivity index (χ1n) is 23.1. The maximum Gasteiger partial charge on any atom is 0.136 e. The van der Waals surface area contributed by atoms with Crippen molar-refractivity contribution in [2.75, 3.05) is 4.90 Å². The topological polar surface area (TPSA) is 16.4 Å². The second kappa shape index (κ2) is 15.8. The molecule has 1 aliphatic carbocycles. The molecule has 67 heavy (non-hydrogen) atoms. The Labute approximate surface area is 390 Å². The standard InChI is InChI=1S/C65H43NO/c1-3-21-50(22-4-1)65(51-23-5-2-6-24-51)61-30-11-9-27-57(61)58-39-37-54(43-62(58)65)66(52-35-32-44(33-36-52)48-34-38-60-59-28-10-12-31-63(59)67-64(60)42-48)53-25-14-19-47(41-53)46-18-13-20-49(40-46)56-29-15-17-45-16-7-8-26-55(45)56/h1-43H. The number of furan rings is 1. The summed E-state index contributed by atoms with van der Waals surface area (Å²) in [6, 6.07) is 95.2. The first kappa shape index (κ1) is 38.7. The van der Waals surface area contributed by atoms with Gasteiger partial charge < -0.3 is 9.32 Å². The molecule has 1 heterocycles. The van der Waals surface area contributed by atoms with E-state index in [1.165, 1.54) is 60.8 Å². The van der Waals surface area contributed by atoms with Gasteiger partial charge in [-0.2, -0.15) is 0 Å². The van der Waals surface area contributed by atoms with Gasteiger partial charge in [-0.15, -0.1) is 0 Å². The molecule has 0 bridgehead atoms. The molecule has 1 aromatic heterocycles. The maximum atomic E-state index is 6.32. The molecule has 0 N–H and O–H groups in total. The smallest absolute Gasteiger partial charge is 0.136 e. The van der Waals surface area contributed by atoms with Crippen molar-refractivity contribution >= 4 is 49.8 Å². The van der Waals surface area contributed by atoms with Gasteiger partial charge in [-0.3, -0.25) is 0 Å². The molecule has 2 heteroatoms. The molecule has 0 unspecified atom stereocenters. The van der Waals surface area contributed by atoms with Crippen LogP contribution in [0.3, 0.4) is 0 Å². The van der Waals surface area contributed by atoms with E-state index in [2.05, 4.69) is 254 Å². The van der Waals surface area contributed by atoms with Crippen LogP contribution in [0.5, 0.6) is 0 Å². The van der Waals surface area contributed by atoms with Gasteiger partial charge >= 0.3 is 0 Å². The minimum absolute atomic E-state index is 0.529. The summed E-state index contributed by atoms with van der Waals surface area (Å²) in [6.07, 6.45) is 0. The summed E-state index contributed by atoms with van der Waals surface area (Å²) >= 11 is 0. The third-order valence-corrected chi connectivity index (χ3v) is 13.9. The first-order chi connectivity index (χ1) is 33.2. The largest absolute Gasteiger partial charge is 0.456 e. The molecule has 314 valence electrons. The second-order valence-electron chi connectivity index (χ2n) is 17.6. The van der Waals surface area contributed by atoms with Crippen LogP contribution in [0.25, 0.3) is 77.2 Å². The summed E-state index contributed by atoms with van der Waals surface area (Å²) in [4.78, 5) is 2.42. The predicted molar refractivity (Wildman–Crippen MR) is 280 cm³/mol. The van der Waals surface area contributed by atoms with Gasteiger partial charge in [0.1, 0.15) is 11.2 Å². The Morgan fingerprint density at radius 1 is 0.284 bits per heavy atom. The van der Waals surface area contributed by atoms with Crippen LogP contribution in [-0.4, -0.2) is 0 Å². The van der Waals surface area contributed by atoms with E-state index in [1.54, 1.807) is 0 Å². The Morgan fingerprint density at radius 2 is 0.836 bits per heavy atom. The summed E-state index contributed by atoms with van der Waals surface area (Å²) in [5.74, 6) is 0. The van der Waals surface area contributed by atoms with E-state index < -0.39 is 5.41 Å². The Bertz CT molecular complexity index is 3760. The molecule has 0 saturated carbocycles. The van der Waals surface area contributed by atoms with E-state index in [-0.39, 0.29) is 0 Å². The number of para-hydroxylation sites is 1. The van der Waals surface area contributed by atoms with Crippen LogP contribution in [0.2, 0.25) is 0 Å². The lowest BCUT2D eigenvalue weighted by atomic mass is 9.67. The highest BCUT2D eigenvalue weighted by atomic mass is 16.3. The molecule has 0 amide bonds. The summed E-state index contributed by atoms with van der Waals surface area (Å²) < 4.78 is 6.32. The van der Waals surface area contributed by atoms with Crippen LogP contribution in [0.1, 0.15) is 22.3 Å². The lowest BCUT2D eigenvalue weighted by molar-refractivity contribution is 0.669. The lowest BCUT2D eigenvalue weighted by Crippen LogP contribution is -2.28. The fourth-order valence-electron chi connectivity index (χ4n) is 10.9. The van der Waals surface area contributed by atoms with E-state index in [1.807, 2.05) is 12.1 Å². The SMILES string of the molecule is c1ccc(C2(c3ccccc3)c3ccccc3-c3ccc(N(c4ccc(-c5ccc6c(c5)oc5ccccc56)cc4)c4cccc(-c5cccc(-c6cccc7ccccc67)c5)c4)cc32)cc1. The average Bonchev–Trinajstić information content (AvgIpc) is 3.92. The van der Waals surface area contributed by atoms with Gasteiger partial charge in [0, 0.05) is 27.8 Å². The highest BCUT2D eigenvalue weighted by molar-refractivity contribution is 6.06. The van der Waals surface area contributed by atoms with Gasteiger partial charge in [-0.25, -0.2) is 0 Å². The van der Waals surface area contributed by atoms with Crippen molar-refractivity contribution in [3.63, 3.8) is 0 Å². The number of rotatable bonds is 8. The predicted octanol–water partition coefficient (Wildman–Crippen LogP) is 17.6. The normalized spacial score (nSPS) is 12.6. The molecule has 13 rings (SSSR count). The average molecular weight is 854 g/mol. The minimum atomic E-state index is -0.529. The number of fused-ring (bicyclic) bond motifs is 7. The monoisotopic (exact) mass is 853 g/mol. The molecule has 0 fully saturated rings. The van der Waals surface area contributed by atoms with Crippen LogP contribution in [0.4, 0.5) is 17.1 Å². The molecule has 0 spiro atoms. The molecule has 1 aliphatic rings. The summed E-state index contributed by atoms with van der Waals surface area (Å²) in [5, 5.41) is 4.76. The fraction of sp³-hybridized carbons (Fsp3) is 0.0154. The van der Waals surface area contributed by atoms with Gasteiger partial charge in [0.15, 0.2) is 0 Å². The van der Waals surface area contributed by atoms with E-state index >= 15 is 0 Å². The zero-order valence-corrected chi connectivity index (χ0v) is 36.7. The van der Waals surface area contributed by atoms with E-state index in [4.69, 9.17) is 4.42 Å². The van der Waals surface area contributed by atoms with Crippen molar-refractivity contribution in [1.82, 2.24) is 0 Å². The van der Waals surface area contributed by atoms with Crippen molar-refractivity contribution in [3.05, 3.63) is 283 Å². The van der Waals surface area contributed by atoms with Crippen molar-refractivity contribution in [2.24, 2.45) is 0 Å². The number of anilines is 3. The first-order valence-corrected chi connectivity index (χ1v) is 23.1. The molecule has 0 atom stereocenters. The highest BCUT2D eigenvalue weighted by Crippen LogP contribution is 2.57. The van der Waals surface area contributed by atoms with E-state index in [0.717, 1.165) is 55.7 Å². The van der Waals surface area contributed by atoms with E-state index in [0.29, 0.717) is 0 Å². The minimum Gasteiger partial charge on any atom is -0.456 e. The lowest BCUT2D eigenvalue weighted by Gasteiger charge is -2.35. The third kappa shape index (κ3) is 6.33. The highest BCUT2D eigenvalue weighted by Gasteiger charge is 2.46. The zero-order valence-electron chi connectivity index (χ0n) is 36.7. The molecule has 0 radical (unpaired) electrons. The van der Waals surface area contributed by atoms with Crippen molar-refractivity contribution in [1.29, 1.82) is 0 Å². The maximum absolute atomic E-state index is 6.32. The van der Waals surface area contributed by atoms with Crippen molar-refractivity contribution in [3.8, 4) is 44.5 Å². The molecule has 0 aliphatic heterocycles. The summed E-state index contributed by atoms with van der Waals surface area (Å²) in [6.45, 7) is 0. The Balaban J connectivity index is 0.980. The van der Waals surface area contributed by atoms with E-state index in [9.17, 15) is 0 Å². The Morgan fingerprint density at radius 3 is 1.66 bits per heavy atom. The molecule has 11 aromatic carbocycles. The number of hydrogen-bond acceptors (Lipinski definition) is 2. The number of hydrogen-bond donors (Lipinski definition) is 0. The van der Waals surface area contributed by atoms with Gasteiger partial charge in [0.2, 0.25) is 0 Å². The third-order valence-electron chi connectivity index (χ3n) is 13.9. The molecule has 0 saturated heterocycles. The molecular formula is C65H43NO. The van der Waals surface area contributed by atoms with Crippen LogP contribution >= 0.6 is 0 Å². The Kier molecular flexibility index (Phi) is 9.11. The van der Waals surface area contributed by atoms with Crippen molar-refractivity contribution < 1.29 is 4.42 Å². The quantitative estimate of drug-likeness (QED) is 0.151. The zero-order chi connectivity index (χ0) is 44.3. The fourth-order valence-corrected chi connectivity index (χ4v) is 10.9. The number of benzene rings is 11. The van der Waals surface area contributed by atoms with Gasteiger partial charge in [0.25, 0.3) is 0 Å². The van der Waals surface area contributed by atoms with Crippen molar-refractivity contribution in [2.45, 2.75) is 5.41 Å². The molecule has 2 nitrogen and oxygen atoms in total. The molecule has 12 aromatic rings.